The maximum Gasteiger partial charge on any atom is 0.336 e. The summed E-state index contributed by atoms with van der Waals surface area (Å²) < 4.78 is 20.4. The summed E-state index contributed by atoms with van der Waals surface area (Å²) >= 11 is 0. The van der Waals surface area contributed by atoms with E-state index < -0.39 is 36.4 Å². The van der Waals surface area contributed by atoms with Gasteiger partial charge in [-0.05, 0) is 88.2 Å². The van der Waals surface area contributed by atoms with E-state index in [2.05, 4.69) is 16.8 Å². The average molecular weight is 591 g/mol. The Morgan fingerprint density at radius 2 is 1.67 bits per heavy atom. The number of nitrogens with zero attached hydrogens (tertiary/aromatic N) is 1. The van der Waals surface area contributed by atoms with Crippen LogP contribution in [0.15, 0.2) is 18.2 Å². The number of aliphatic carboxylic acids is 3. The van der Waals surface area contributed by atoms with Crippen molar-refractivity contribution >= 4 is 28.8 Å². The molecule has 1 aromatic heterocycles. The highest BCUT2D eigenvalue weighted by Crippen LogP contribution is 2.51. The van der Waals surface area contributed by atoms with Gasteiger partial charge in [0.25, 0.3) is 0 Å². The maximum absolute atomic E-state index is 13.9. The lowest BCUT2D eigenvalue weighted by Crippen LogP contribution is -2.55. The van der Waals surface area contributed by atoms with E-state index >= 15 is 0 Å². The van der Waals surface area contributed by atoms with Gasteiger partial charge in [-0.2, -0.15) is 0 Å². The number of hydrogen-bond acceptors (Lipinski definition) is 6. The van der Waals surface area contributed by atoms with Crippen molar-refractivity contribution in [1.82, 2.24) is 9.88 Å². The van der Waals surface area contributed by atoms with Crippen molar-refractivity contribution in [3.8, 4) is 0 Å². The summed E-state index contributed by atoms with van der Waals surface area (Å²) in [6.07, 6.45) is 11.2. The fourth-order valence-electron chi connectivity index (χ4n) is 7.12. The fraction of sp³-hybridized carbons (Fsp3) is 0.645. The Kier molecular flexibility index (Phi) is 9.95. The third-order valence-electron chi connectivity index (χ3n) is 9.35. The maximum atomic E-state index is 13.9. The van der Waals surface area contributed by atoms with Gasteiger partial charge >= 0.3 is 17.9 Å². The van der Waals surface area contributed by atoms with Crippen molar-refractivity contribution in [3.63, 3.8) is 0 Å². The van der Waals surface area contributed by atoms with Gasteiger partial charge in [-0.1, -0.05) is 26.2 Å². The summed E-state index contributed by atoms with van der Waals surface area (Å²) in [5.41, 5.74) is 1.02. The number of fused-ring (bicyclic) bond motifs is 4. The van der Waals surface area contributed by atoms with Crippen molar-refractivity contribution in [2.75, 3.05) is 19.7 Å². The SMILES string of the molecule is CCCCC1(N2CCCCC2)CCC2(CC1)OCCc1c2[nH]c2ccc(F)cc12.O=C(O)CC(O)(CC(=O)O)C(=O)O. The van der Waals surface area contributed by atoms with Crippen LogP contribution in [0.3, 0.4) is 0 Å². The van der Waals surface area contributed by atoms with E-state index in [0.29, 0.717) is 5.54 Å². The highest BCUT2D eigenvalue weighted by Gasteiger charge is 2.49. The first kappa shape index (κ1) is 31.9. The topological polar surface area (TPSA) is 160 Å². The summed E-state index contributed by atoms with van der Waals surface area (Å²) in [5, 5.41) is 34.9. The quantitative estimate of drug-likeness (QED) is 0.276. The second kappa shape index (κ2) is 13.1. The number of halogens is 1. The molecule has 3 aliphatic rings. The number of likely N-dealkylation sites (tertiary alicyclic amines) is 1. The lowest BCUT2D eigenvalue weighted by atomic mass is 9.68. The molecule has 1 saturated heterocycles. The van der Waals surface area contributed by atoms with E-state index in [1.54, 1.807) is 12.1 Å². The minimum atomic E-state index is -2.74. The molecule has 1 aliphatic carbocycles. The van der Waals surface area contributed by atoms with Crippen LogP contribution in [0.25, 0.3) is 10.9 Å². The number of aliphatic hydroxyl groups is 1. The third-order valence-corrected chi connectivity index (χ3v) is 9.35. The number of unbranched alkanes of at least 4 members (excludes halogenated alkanes) is 1. The van der Waals surface area contributed by atoms with Crippen molar-refractivity contribution in [2.45, 2.75) is 107 Å². The molecule has 0 unspecified atom stereocenters. The number of rotatable bonds is 9. The van der Waals surface area contributed by atoms with Crippen molar-refractivity contribution in [3.05, 3.63) is 35.3 Å². The number of nitrogens with one attached hydrogen (secondary N) is 1. The number of piperidine rings is 1. The molecule has 0 atom stereocenters. The molecule has 11 heteroatoms. The van der Waals surface area contributed by atoms with Gasteiger partial charge in [0.05, 0.1) is 25.1 Å². The van der Waals surface area contributed by atoms with Gasteiger partial charge in [0, 0.05) is 16.4 Å². The summed E-state index contributed by atoms with van der Waals surface area (Å²) in [5.74, 6) is -5.17. The third kappa shape index (κ3) is 6.79. The second-order valence-corrected chi connectivity index (χ2v) is 12.1. The van der Waals surface area contributed by atoms with E-state index in [4.69, 9.17) is 25.2 Å². The Bertz CT molecular complexity index is 1260. The van der Waals surface area contributed by atoms with Gasteiger partial charge < -0.3 is 30.1 Å². The van der Waals surface area contributed by atoms with Crippen molar-refractivity contribution in [2.24, 2.45) is 0 Å². The zero-order valence-electron chi connectivity index (χ0n) is 24.3. The summed E-state index contributed by atoms with van der Waals surface area (Å²) in [6, 6.07) is 5.15. The molecule has 2 fully saturated rings. The van der Waals surface area contributed by atoms with Crippen LogP contribution in [-0.4, -0.2) is 79.1 Å². The molecule has 0 bridgehead atoms. The van der Waals surface area contributed by atoms with Crippen LogP contribution in [-0.2, 0) is 31.1 Å². The molecule has 1 saturated carbocycles. The normalized spacial score (nSPS) is 24.5. The van der Waals surface area contributed by atoms with Crippen LogP contribution in [0.5, 0.6) is 0 Å². The van der Waals surface area contributed by atoms with Gasteiger partial charge in [-0.25, -0.2) is 9.18 Å². The lowest BCUT2D eigenvalue weighted by Gasteiger charge is -2.53. The number of aromatic nitrogens is 1. The van der Waals surface area contributed by atoms with Crippen molar-refractivity contribution in [1.29, 1.82) is 0 Å². The van der Waals surface area contributed by atoms with Gasteiger partial charge in [-0.15, -0.1) is 0 Å². The molecule has 5 rings (SSSR count). The Morgan fingerprint density at radius 1 is 1.02 bits per heavy atom. The highest BCUT2D eigenvalue weighted by molar-refractivity contribution is 5.88. The monoisotopic (exact) mass is 590 g/mol. The van der Waals surface area contributed by atoms with Crippen LogP contribution in [0.1, 0.15) is 95.2 Å². The van der Waals surface area contributed by atoms with Gasteiger partial charge in [0.2, 0.25) is 0 Å². The fourth-order valence-corrected chi connectivity index (χ4v) is 7.12. The van der Waals surface area contributed by atoms with Gasteiger partial charge in [0.15, 0.2) is 5.60 Å². The molecule has 5 N–H and O–H groups in total. The molecule has 2 aliphatic heterocycles. The largest absolute Gasteiger partial charge is 0.481 e. The predicted molar refractivity (Wildman–Crippen MR) is 153 cm³/mol. The molecule has 232 valence electrons. The molecular weight excluding hydrogens is 547 g/mol. The zero-order valence-corrected chi connectivity index (χ0v) is 24.3. The molecule has 0 radical (unpaired) electrons. The number of hydrogen-bond donors (Lipinski definition) is 5. The van der Waals surface area contributed by atoms with Gasteiger partial charge in [-0.3, -0.25) is 14.5 Å². The van der Waals surface area contributed by atoms with E-state index in [9.17, 15) is 18.8 Å². The molecule has 3 heterocycles. The van der Waals surface area contributed by atoms with Crippen LogP contribution >= 0.6 is 0 Å². The molecule has 1 spiro atoms. The number of benzene rings is 1. The average Bonchev–Trinajstić information content (AvgIpc) is 3.32. The van der Waals surface area contributed by atoms with Gasteiger partial charge in [0.1, 0.15) is 11.4 Å². The first-order valence-corrected chi connectivity index (χ1v) is 15.0. The minimum Gasteiger partial charge on any atom is -0.481 e. The second-order valence-electron chi connectivity index (χ2n) is 12.1. The number of H-pyrrole nitrogens is 1. The first-order valence-electron chi connectivity index (χ1n) is 15.0. The Balaban J connectivity index is 0.000000266. The lowest BCUT2D eigenvalue weighted by molar-refractivity contribution is -0.170. The Hall–Kier alpha value is -3.02. The number of carboxylic acid groups (broad SMARTS) is 3. The van der Waals surface area contributed by atoms with Crippen LogP contribution in [0.2, 0.25) is 0 Å². The summed E-state index contributed by atoms with van der Waals surface area (Å²) in [4.78, 5) is 37.0. The van der Waals surface area contributed by atoms with Crippen LogP contribution < -0.4 is 0 Å². The van der Waals surface area contributed by atoms with E-state index in [1.807, 2.05) is 6.07 Å². The van der Waals surface area contributed by atoms with Crippen LogP contribution in [0, 0.1) is 5.82 Å². The summed E-state index contributed by atoms with van der Waals surface area (Å²) in [6.45, 7) is 5.61. The minimum absolute atomic E-state index is 0.146. The predicted octanol–water partition coefficient (Wildman–Crippen LogP) is 4.82. The number of ether oxygens (including phenoxy) is 1. The van der Waals surface area contributed by atoms with E-state index in [1.165, 1.54) is 75.7 Å². The molecular formula is C31H43FN2O8. The summed E-state index contributed by atoms with van der Waals surface area (Å²) in [7, 11) is 0. The molecule has 42 heavy (non-hydrogen) atoms. The number of carbonyl (C=O) groups is 3. The van der Waals surface area contributed by atoms with Crippen LogP contribution in [0.4, 0.5) is 4.39 Å². The Labute approximate surface area is 244 Å². The zero-order chi connectivity index (χ0) is 30.5. The Morgan fingerprint density at radius 3 is 2.24 bits per heavy atom. The molecule has 10 nitrogen and oxygen atoms in total. The first-order chi connectivity index (χ1) is 19.9. The smallest absolute Gasteiger partial charge is 0.336 e. The highest BCUT2D eigenvalue weighted by atomic mass is 19.1. The standard InChI is InChI=1S/C25H35FN2O.C6H8O7/c1-2-3-10-24(28-15-5-4-6-16-28)11-13-25(14-12-24)23-20(9-17-29-25)21-18-19(26)7-8-22(21)27-23;7-3(8)1-6(13,5(11)12)2-4(9)10/h7-8,18,27H,2-6,9-17H2,1H3;13H,1-2H2,(H,7,8)(H,9,10)(H,11,12). The van der Waals surface area contributed by atoms with E-state index in [-0.39, 0.29) is 11.4 Å². The number of aromatic amines is 1. The molecule has 0 amide bonds. The molecule has 2 aromatic rings. The van der Waals surface area contributed by atoms with E-state index in [0.717, 1.165) is 36.8 Å². The van der Waals surface area contributed by atoms with Crippen molar-refractivity contribution < 1.29 is 43.9 Å². The molecule has 1 aromatic carbocycles. The number of carboxylic acids is 3.